The van der Waals surface area contributed by atoms with E-state index in [9.17, 15) is 0 Å². The first-order valence-corrected chi connectivity index (χ1v) is 6.35. The minimum Gasteiger partial charge on any atom is -0.399 e. The zero-order chi connectivity index (χ0) is 12.8. The Kier molecular flexibility index (Phi) is 4.37. The van der Waals surface area contributed by atoms with Crippen LogP contribution in [0.2, 0.25) is 0 Å². The van der Waals surface area contributed by atoms with Gasteiger partial charge in [0.15, 0.2) is 0 Å². The number of benzene rings is 2. The van der Waals surface area contributed by atoms with Crippen molar-refractivity contribution in [1.82, 2.24) is 5.32 Å². The van der Waals surface area contributed by atoms with Gasteiger partial charge in [0.1, 0.15) is 0 Å². The summed E-state index contributed by atoms with van der Waals surface area (Å²) >= 11 is 0. The van der Waals surface area contributed by atoms with Crippen molar-refractivity contribution in [3.63, 3.8) is 0 Å². The van der Waals surface area contributed by atoms with Crippen LogP contribution in [0, 0.1) is 6.92 Å². The SMILES string of the molecule is Cc1ccc(CCNCc2cccc(N)c2)cc1. The number of hydrogen-bond donors (Lipinski definition) is 2. The van der Waals surface area contributed by atoms with E-state index >= 15 is 0 Å². The Labute approximate surface area is 109 Å². The highest BCUT2D eigenvalue weighted by molar-refractivity contribution is 5.40. The molecular weight excluding hydrogens is 220 g/mol. The number of nitrogen functional groups attached to an aromatic ring is 1. The fourth-order valence-corrected chi connectivity index (χ4v) is 1.92. The monoisotopic (exact) mass is 240 g/mol. The van der Waals surface area contributed by atoms with E-state index in [1.807, 2.05) is 18.2 Å². The lowest BCUT2D eigenvalue weighted by Crippen LogP contribution is -2.16. The van der Waals surface area contributed by atoms with E-state index in [-0.39, 0.29) is 0 Å². The average molecular weight is 240 g/mol. The van der Waals surface area contributed by atoms with Crippen molar-refractivity contribution in [2.24, 2.45) is 0 Å². The van der Waals surface area contributed by atoms with Gasteiger partial charge in [0, 0.05) is 12.2 Å². The fourth-order valence-electron chi connectivity index (χ4n) is 1.92. The zero-order valence-corrected chi connectivity index (χ0v) is 10.8. The zero-order valence-electron chi connectivity index (χ0n) is 10.8. The quantitative estimate of drug-likeness (QED) is 0.623. The van der Waals surface area contributed by atoms with E-state index in [0.29, 0.717) is 0 Å². The van der Waals surface area contributed by atoms with E-state index in [0.717, 1.165) is 25.2 Å². The maximum Gasteiger partial charge on any atom is 0.0317 e. The largest absolute Gasteiger partial charge is 0.399 e. The van der Waals surface area contributed by atoms with Crippen LogP contribution in [-0.4, -0.2) is 6.54 Å². The third-order valence-electron chi connectivity index (χ3n) is 2.99. The summed E-state index contributed by atoms with van der Waals surface area (Å²) in [4.78, 5) is 0. The molecule has 0 saturated carbocycles. The predicted molar refractivity (Wildman–Crippen MR) is 77.4 cm³/mol. The van der Waals surface area contributed by atoms with E-state index < -0.39 is 0 Å². The molecule has 18 heavy (non-hydrogen) atoms. The summed E-state index contributed by atoms with van der Waals surface area (Å²) in [5, 5.41) is 3.44. The van der Waals surface area contributed by atoms with Crippen LogP contribution in [0.25, 0.3) is 0 Å². The van der Waals surface area contributed by atoms with Gasteiger partial charge >= 0.3 is 0 Å². The number of hydrogen-bond acceptors (Lipinski definition) is 2. The van der Waals surface area contributed by atoms with Crippen LogP contribution in [0.3, 0.4) is 0 Å². The molecule has 0 atom stereocenters. The normalized spacial score (nSPS) is 10.5. The van der Waals surface area contributed by atoms with Gasteiger partial charge in [0.2, 0.25) is 0 Å². The average Bonchev–Trinajstić information content (AvgIpc) is 2.37. The number of aryl methyl sites for hydroxylation is 1. The van der Waals surface area contributed by atoms with Gasteiger partial charge in [0.25, 0.3) is 0 Å². The molecular formula is C16H20N2. The Morgan fingerprint density at radius 3 is 2.50 bits per heavy atom. The number of rotatable bonds is 5. The van der Waals surface area contributed by atoms with Crippen molar-refractivity contribution in [1.29, 1.82) is 0 Å². The lowest BCUT2D eigenvalue weighted by atomic mass is 10.1. The highest BCUT2D eigenvalue weighted by atomic mass is 14.8. The molecule has 0 heterocycles. The number of nitrogens with one attached hydrogen (secondary N) is 1. The summed E-state index contributed by atoms with van der Waals surface area (Å²) in [6, 6.07) is 16.7. The molecule has 2 aromatic rings. The maximum atomic E-state index is 5.74. The Morgan fingerprint density at radius 1 is 1.00 bits per heavy atom. The second-order valence-electron chi connectivity index (χ2n) is 4.66. The molecule has 0 fully saturated rings. The molecule has 0 saturated heterocycles. The van der Waals surface area contributed by atoms with Crippen LogP contribution in [0.15, 0.2) is 48.5 Å². The predicted octanol–water partition coefficient (Wildman–Crippen LogP) is 2.91. The third-order valence-corrected chi connectivity index (χ3v) is 2.99. The van der Waals surface area contributed by atoms with Crippen molar-refractivity contribution in [2.45, 2.75) is 19.9 Å². The van der Waals surface area contributed by atoms with Crippen LogP contribution >= 0.6 is 0 Å². The highest BCUT2D eigenvalue weighted by Crippen LogP contribution is 2.06. The summed E-state index contributed by atoms with van der Waals surface area (Å²) in [6.07, 6.45) is 1.06. The first-order valence-electron chi connectivity index (χ1n) is 6.35. The Morgan fingerprint density at radius 2 is 1.78 bits per heavy atom. The van der Waals surface area contributed by atoms with Crippen molar-refractivity contribution in [3.05, 3.63) is 65.2 Å². The minimum atomic E-state index is 0.827. The van der Waals surface area contributed by atoms with Crippen molar-refractivity contribution in [3.8, 4) is 0 Å². The summed E-state index contributed by atoms with van der Waals surface area (Å²) < 4.78 is 0. The Bertz CT molecular complexity index is 489. The second-order valence-corrected chi connectivity index (χ2v) is 4.66. The van der Waals surface area contributed by atoms with Crippen LogP contribution in [-0.2, 0) is 13.0 Å². The van der Waals surface area contributed by atoms with Crippen LogP contribution in [0.5, 0.6) is 0 Å². The minimum absolute atomic E-state index is 0.827. The van der Waals surface area contributed by atoms with Gasteiger partial charge in [-0.3, -0.25) is 0 Å². The van der Waals surface area contributed by atoms with Gasteiger partial charge < -0.3 is 11.1 Å². The molecule has 2 heteroatoms. The van der Waals surface area contributed by atoms with Gasteiger partial charge in [0.05, 0.1) is 0 Å². The lowest BCUT2D eigenvalue weighted by Gasteiger charge is -2.06. The first-order chi connectivity index (χ1) is 8.74. The molecule has 0 amide bonds. The molecule has 0 aliphatic heterocycles. The van der Waals surface area contributed by atoms with Gasteiger partial charge in [-0.25, -0.2) is 0 Å². The highest BCUT2D eigenvalue weighted by Gasteiger charge is 1.95. The van der Waals surface area contributed by atoms with Gasteiger partial charge in [-0.1, -0.05) is 42.0 Å². The van der Waals surface area contributed by atoms with E-state index in [4.69, 9.17) is 5.73 Å². The summed E-state index contributed by atoms with van der Waals surface area (Å²) in [7, 11) is 0. The Balaban J connectivity index is 1.74. The molecule has 3 N–H and O–H groups in total. The molecule has 2 rings (SSSR count). The number of anilines is 1. The maximum absolute atomic E-state index is 5.74. The number of nitrogens with two attached hydrogens (primary N) is 1. The molecule has 2 aromatic carbocycles. The van der Waals surface area contributed by atoms with Crippen molar-refractivity contribution in [2.75, 3.05) is 12.3 Å². The molecule has 0 unspecified atom stereocenters. The summed E-state index contributed by atoms with van der Waals surface area (Å²) in [5.74, 6) is 0. The molecule has 94 valence electrons. The van der Waals surface area contributed by atoms with E-state index in [2.05, 4.69) is 42.6 Å². The topological polar surface area (TPSA) is 38.0 Å². The van der Waals surface area contributed by atoms with Crippen LogP contribution in [0.4, 0.5) is 5.69 Å². The third kappa shape index (κ3) is 3.90. The fraction of sp³-hybridized carbons (Fsp3) is 0.250. The van der Waals surface area contributed by atoms with Crippen LogP contribution < -0.4 is 11.1 Å². The van der Waals surface area contributed by atoms with E-state index in [1.54, 1.807) is 0 Å². The van der Waals surface area contributed by atoms with Crippen molar-refractivity contribution < 1.29 is 0 Å². The Hall–Kier alpha value is -1.80. The van der Waals surface area contributed by atoms with Crippen molar-refractivity contribution >= 4 is 5.69 Å². The molecule has 0 radical (unpaired) electrons. The molecule has 0 aliphatic carbocycles. The summed E-state index contributed by atoms with van der Waals surface area (Å²) in [6.45, 7) is 3.97. The standard InChI is InChI=1S/C16H20N2/c1-13-5-7-14(8-6-13)9-10-18-12-15-3-2-4-16(17)11-15/h2-8,11,18H,9-10,12,17H2,1H3. The summed E-state index contributed by atoms with van der Waals surface area (Å²) in [5.41, 5.74) is 10.5. The molecule has 0 spiro atoms. The van der Waals surface area contributed by atoms with Gasteiger partial charge in [-0.15, -0.1) is 0 Å². The smallest absolute Gasteiger partial charge is 0.0317 e. The van der Waals surface area contributed by atoms with Crippen LogP contribution in [0.1, 0.15) is 16.7 Å². The first kappa shape index (κ1) is 12.7. The molecule has 2 nitrogen and oxygen atoms in total. The van der Waals surface area contributed by atoms with Gasteiger partial charge in [-0.05, 0) is 43.1 Å². The molecule has 0 aromatic heterocycles. The molecule has 0 bridgehead atoms. The lowest BCUT2D eigenvalue weighted by molar-refractivity contribution is 0.687. The van der Waals surface area contributed by atoms with Gasteiger partial charge in [-0.2, -0.15) is 0 Å². The van der Waals surface area contributed by atoms with E-state index in [1.165, 1.54) is 16.7 Å². The second kappa shape index (κ2) is 6.22. The molecule has 0 aliphatic rings.